The van der Waals surface area contributed by atoms with E-state index in [0.717, 1.165) is 29.5 Å². The quantitative estimate of drug-likeness (QED) is 0.861. The van der Waals surface area contributed by atoms with Crippen LogP contribution in [0.2, 0.25) is 0 Å². The lowest BCUT2D eigenvalue weighted by Gasteiger charge is -2.32. The number of benzene rings is 1. The number of hydrogen-bond donors (Lipinski definition) is 0. The number of hydrogen-bond acceptors (Lipinski definition) is 2. The number of carbonyl (C=O) groups is 1. The summed E-state index contributed by atoms with van der Waals surface area (Å²) in [6.45, 7) is 3.24. The summed E-state index contributed by atoms with van der Waals surface area (Å²) in [5.74, 6) is -1.35. The molecule has 0 N–H and O–H groups in total. The van der Waals surface area contributed by atoms with Crippen LogP contribution in [-0.2, 0) is 11.2 Å². The van der Waals surface area contributed by atoms with E-state index < -0.39 is 11.6 Å². The van der Waals surface area contributed by atoms with Gasteiger partial charge in [-0.15, -0.1) is 0 Å². The predicted molar refractivity (Wildman–Crippen MR) is 87.6 cm³/mol. The van der Waals surface area contributed by atoms with E-state index in [1.165, 1.54) is 12.1 Å². The number of aryl methyl sites for hydroxylation is 1. The van der Waals surface area contributed by atoms with Gasteiger partial charge < -0.3 is 4.90 Å². The van der Waals surface area contributed by atoms with E-state index in [2.05, 4.69) is 4.98 Å². The lowest BCUT2D eigenvalue weighted by atomic mass is 9.89. The first-order valence-corrected chi connectivity index (χ1v) is 8.17. The fourth-order valence-corrected chi connectivity index (χ4v) is 3.20. The van der Waals surface area contributed by atoms with E-state index >= 15 is 0 Å². The molecule has 0 bridgehead atoms. The maximum Gasteiger partial charge on any atom is 0.227 e. The molecule has 1 aromatic carbocycles. The Balaban J connectivity index is 1.59. The van der Waals surface area contributed by atoms with Crippen molar-refractivity contribution in [2.45, 2.75) is 32.1 Å². The van der Waals surface area contributed by atoms with Crippen molar-refractivity contribution in [2.24, 2.45) is 0 Å². The third-order valence-corrected chi connectivity index (χ3v) is 4.74. The van der Waals surface area contributed by atoms with Crippen LogP contribution in [-0.4, -0.2) is 28.9 Å². The van der Waals surface area contributed by atoms with Gasteiger partial charge in [0, 0.05) is 25.5 Å². The number of aromatic nitrogens is 1. The number of halogens is 2. The molecule has 0 saturated carbocycles. The smallest absolute Gasteiger partial charge is 0.227 e. The third kappa shape index (κ3) is 3.61. The zero-order valence-corrected chi connectivity index (χ0v) is 13.6. The SMILES string of the molecule is Cc1cnccc1CC(=O)N1CCC(c2ccc(F)c(F)c2)CC1. The molecule has 1 aromatic heterocycles. The molecule has 1 aliphatic rings. The maximum absolute atomic E-state index is 13.4. The number of amides is 1. The Kier molecular flexibility index (Phi) is 4.88. The number of pyridine rings is 1. The topological polar surface area (TPSA) is 33.2 Å². The summed E-state index contributed by atoms with van der Waals surface area (Å²) in [7, 11) is 0. The lowest BCUT2D eigenvalue weighted by molar-refractivity contribution is -0.131. The number of piperidine rings is 1. The average Bonchev–Trinajstić information content (AvgIpc) is 2.59. The van der Waals surface area contributed by atoms with Gasteiger partial charge in [0.2, 0.25) is 5.91 Å². The number of nitrogens with zero attached hydrogens (tertiary/aromatic N) is 2. The van der Waals surface area contributed by atoms with Gasteiger partial charge >= 0.3 is 0 Å². The zero-order chi connectivity index (χ0) is 17.1. The summed E-state index contributed by atoms with van der Waals surface area (Å²) in [4.78, 5) is 18.4. The molecule has 2 heterocycles. The Morgan fingerprint density at radius 2 is 1.96 bits per heavy atom. The molecule has 3 rings (SSSR count). The van der Waals surface area contributed by atoms with Crippen molar-refractivity contribution >= 4 is 5.91 Å². The van der Waals surface area contributed by atoms with E-state index in [4.69, 9.17) is 0 Å². The highest BCUT2D eigenvalue weighted by atomic mass is 19.2. The number of carbonyl (C=O) groups excluding carboxylic acids is 1. The first-order valence-electron chi connectivity index (χ1n) is 8.17. The molecular formula is C19H20F2N2O. The summed E-state index contributed by atoms with van der Waals surface area (Å²) in [6.07, 6.45) is 5.38. The minimum absolute atomic E-state index is 0.105. The first-order chi connectivity index (χ1) is 11.5. The molecule has 0 spiro atoms. The molecule has 3 nitrogen and oxygen atoms in total. The van der Waals surface area contributed by atoms with Crippen LogP contribution in [0, 0.1) is 18.6 Å². The number of rotatable bonds is 3. The minimum Gasteiger partial charge on any atom is -0.342 e. The van der Waals surface area contributed by atoms with Crippen LogP contribution >= 0.6 is 0 Å². The Labute approximate surface area is 140 Å². The van der Waals surface area contributed by atoms with E-state index in [1.807, 2.05) is 17.9 Å². The summed E-state index contributed by atoms with van der Waals surface area (Å²) in [5, 5.41) is 0. The standard InChI is InChI=1S/C19H20F2N2O/c1-13-12-22-7-4-15(13)11-19(24)23-8-5-14(6-9-23)16-2-3-17(20)18(21)10-16/h2-4,7,10,12,14H,5-6,8-9,11H2,1H3. The molecule has 1 fully saturated rings. The second-order valence-electron chi connectivity index (χ2n) is 6.31. The highest BCUT2D eigenvalue weighted by Gasteiger charge is 2.24. The maximum atomic E-state index is 13.4. The largest absolute Gasteiger partial charge is 0.342 e. The van der Waals surface area contributed by atoms with Crippen LogP contribution in [0.4, 0.5) is 8.78 Å². The molecule has 0 radical (unpaired) electrons. The molecule has 0 unspecified atom stereocenters. The molecule has 0 aliphatic carbocycles. The Morgan fingerprint density at radius 1 is 1.21 bits per heavy atom. The first kappa shape index (κ1) is 16.6. The van der Waals surface area contributed by atoms with Crippen LogP contribution in [0.15, 0.2) is 36.7 Å². The monoisotopic (exact) mass is 330 g/mol. The molecule has 2 aromatic rings. The van der Waals surface area contributed by atoms with E-state index in [0.29, 0.717) is 19.5 Å². The fourth-order valence-electron chi connectivity index (χ4n) is 3.20. The van der Waals surface area contributed by atoms with Gasteiger partial charge in [-0.2, -0.15) is 0 Å². The van der Waals surface area contributed by atoms with Crippen molar-refractivity contribution in [3.63, 3.8) is 0 Å². The van der Waals surface area contributed by atoms with E-state index in [9.17, 15) is 13.6 Å². The van der Waals surface area contributed by atoms with Crippen molar-refractivity contribution < 1.29 is 13.6 Å². The normalized spacial score (nSPS) is 15.5. The van der Waals surface area contributed by atoms with Gasteiger partial charge in [0.15, 0.2) is 11.6 Å². The van der Waals surface area contributed by atoms with Gasteiger partial charge in [-0.05, 0) is 60.6 Å². The fraction of sp³-hybridized carbons (Fsp3) is 0.368. The molecule has 24 heavy (non-hydrogen) atoms. The Bertz CT molecular complexity index is 740. The molecular weight excluding hydrogens is 310 g/mol. The van der Waals surface area contributed by atoms with Gasteiger partial charge in [0.1, 0.15) is 0 Å². The van der Waals surface area contributed by atoms with E-state index in [1.54, 1.807) is 18.5 Å². The third-order valence-electron chi connectivity index (χ3n) is 4.74. The number of likely N-dealkylation sites (tertiary alicyclic amines) is 1. The Morgan fingerprint density at radius 3 is 2.62 bits per heavy atom. The van der Waals surface area contributed by atoms with Crippen LogP contribution in [0.3, 0.4) is 0 Å². The second kappa shape index (κ2) is 7.07. The molecule has 126 valence electrons. The summed E-state index contributed by atoms with van der Waals surface area (Å²) in [5.41, 5.74) is 2.83. The summed E-state index contributed by atoms with van der Waals surface area (Å²) in [6, 6.07) is 5.97. The Hall–Kier alpha value is -2.30. The minimum atomic E-state index is -0.820. The van der Waals surface area contributed by atoms with Crippen molar-refractivity contribution in [1.29, 1.82) is 0 Å². The highest BCUT2D eigenvalue weighted by Crippen LogP contribution is 2.29. The zero-order valence-electron chi connectivity index (χ0n) is 13.6. The van der Waals surface area contributed by atoms with Crippen molar-refractivity contribution in [3.05, 3.63) is 65.0 Å². The molecule has 1 amide bonds. The van der Waals surface area contributed by atoms with Crippen molar-refractivity contribution in [1.82, 2.24) is 9.88 Å². The molecule has 1 aliphatic heterocycles. The van der Waals surface area contributed by atoms with Crippen LogP contribution in [0.1, 0.15) is 35.4 Å². The molecule has 5 heteroatoms. The summed E-state index contributed by atoms with van der Waals surface area (Å²) >= 11 is 0. The molecule has 1 saturated heterocycles. The second-order valence-corrected chi connectivity index (χ2v) is 6.31. The highest BCUT2D eigenvalue weighted by molar-refractivity contribution is 5.79. The van der Waals surface area contributed by atoms with Gasteiger partial charge in [0.25, 0.3) is 0 Å². The van der Waals surface area contributed by atoms with Crippen molar-refractivity contribution in [2.75, 3.05) is 13.1 Å². The molecule has 0 atom stereocenters. The van der Waals surface area contributed by atoms with Crippen molar-refractivity contribution in [3.8, 4) is 0 Å². The predicted octanol–water partition coefficient (Wildman–Crippen LogP) is 3.62. The van der Waals surface area contributed by atoms with Gasteiger partial charge in [-0.25, -0.2) is 8.78 Å². The average molecular weight is 330 g/mol. The van der Waals surface area contributed by atoms with Crippen LogP contribution in [0.5, 0.6) is 0 Å². The lowest BCUT2D eigenvalue weighted by Crippen LogP contribution is -2.38. The van der Waals surface area contributed by atoms with Crippen LogP contribution < -0.4 is 0 Å². The van der Waals surface area contributed by atoms with Gasteiger partial charge in [0.05, 0.1) is 6.42 Å². The van der Waals surface area contributed by atoms with Gasteiger partial charge in [-0.1, -0.05) is 6.07 Å². The summed E-state index contributed by atoms with van der Waals surface area (Å²) < 4.78 is 26.4. The van der Waals surface area contributed by atoms with Gasteiger partial charge in [-0.3, -0.25) is 9.78 Å². The van der Waals surface area contributed by atoms with E-state index in [-0.39, 0.29) is 11.8 Å². The van der Waals surface area contributed by atoms with Crippen LogP contribution in [0.25, 0.3) is 0 Å².